The van der Waals surface area contributed by atoms with Crippen LogP contribution < -0.4 is 5.32 Å². The summed E-state index contributed by atoms with van der Waals surface area (Å²) in [5.41, 5.74) is 1.76. The van der Waals surface area contributed by atoms with Crippen LogP contribution in [0.3, 0.4) is 0 Å². The number of rotatable bonds is 12. The summed E-state index contributed by atoms with van der Waals surface area (Å²) in [5, 5.41) is 14.7. The number of H-pyrrole nitrogens is 1. The van der Waals surface area contributed by atoms with Gasteiger partial charge in [0.15, 0.2) is 0 Å². The molecular weight excluding hydrogens is 526 g/mol. The molecule has 0 aliphatic heterocycles. The molecule has 3 aromatic carbocycles. The smallest absolute Gasteiger partial charge is 0.412 e. The Morgan fingerprint density at radius 1 is 1.17 bits per heavy atom. The minimum Gasteiger partial charge on any atom is -0.445 e. The van der Waals surface area contributed by atoms with Gasteiger partial charge in [-0.15, -0.1) is 0 Å². The molecule has 216 valence electrons. The molecule has 0 aliphatic carbocycles. The van der Waals surface area contributed by atoms with E-state index in [1.165, 1.54) is 13.0 Å². The fourth-order valence-electron chi connectivity index (χ4n) is 5.76. The topological polar surface area (TPSA) is 111 Å². The highest BCUT2D eigenvalue weighted by Crippen LogP contribution is 2.42. The number of nitrogens with zero attached hydrogens (tertiary/aromatic N) is 3. The zero-order valence-corrected chi connectivity index (χ0v) is 24.3. The van der Waals surface area contributed by atoms with Crippen molar-refractivity contribution in [3.8, 4) is 6.07 Å². The molecule has 1 heterocycles. The van der Waals surface area contributed by atoms with Gasteiger partial charge >= 0.3 is 6.09 Å². The Kier molecular flexibility index (Phi) is 9.77. The summed E-state index contributed by atoms with van der Waals surface area (Å²) in [6.45, 7) is 9.54. The standard InChI is InChI=1S/C34H37N5O3/c1-5-18-42-33(41)39(22-29-12-9-11-28-10-7-8-13-30(28)29)34(38-25(4)40,19-26-14-16-27(20-35)17-15-26)32(24(3)6-2)31-21-36-23-37-31/h5,7-17,21,23-24,32H,1,6,18-19,22H2,2-4H3,(H,36,37)(H,38,40)/t24-,32-,34?/m0/s1. The van der Waals surface area contributed by atoms with Crippen LogP contribution in [-0.2, 0) is 22.5 Å². The molecule has 1 unspecified atom stereocenters. The zero-order chi connectivity index (χ0) is 30.1. The van der Waals surface area contributed by atoms with Crippen LogP contribution in [0.2, 0.25) is 0 Å². The number of amides is 2. The monoisotopic (exact) mass is 563 g/mol. The lowest BCUT2D eigenvalue weighted by Crippen LogP contribution is -2.67. The van der Waals surface area contributed by atoms with Gasteiger partial charge in [0.05, 0.1) is 24.5 Å². The van der Waals surface area contributed by atoms with Crippen LogP contribution in [0.25, 0.3) is 10.8 Å². The second-order valence-electron chi connectivity index (χ2n) is 10.6. The fraction of sp³-hybridized carbons (Fsp3) is 0.294. The lowest BCUT2D eigenvalue weighted by molar-refractivity contribution is -0.124. The molecule has 4 rings (SSSR count). The maximum absolute atomic E-state index is 14.2. The Balaban J connectivity index is 2.01. The number of carbonyl (C=O) groups is 2. The summed E-state index contributed by atoms with van der Waals surface area (Å²) in [6.07, 6.45) is 5.31. The highest BCUT2D eigenvalue weighted by molar-refractivity contribution is 5.86. The molecule has 1 aromatic heterocycles. The van der Waals surface area contributed by atoms with Crippen molar-refractivity contribution < 1.29 is 14.3 Å². The quantitative estimate of drug-likeness (QED) is 0.152. The van der Waals surface area contributed by atoms with Crippen LogP contribution >= 0.6 is 0 Å². The number of nitrogens with one attached hydrogen (secondary N) is 2. The van der Waals surface area contributed by atoms with Crippen molar-refractivity contribution in [1.29, 1.82) is 5.26 Å². The SMILES string of the molecule is C=CCOC(=O)N(Cc1cccc2ccccc12)C(Cc1ccc(C#N)cc1)(NC(C)=O)[C@H](c1cnc[nH]1)[C@@H](C)CC. The fourth-order valence-corrected chi connectivity index (χ4v) is 5.76. The Labute approximate surface area is 247 Å². The molecule has 42 heavy (non-hydrogen) atoms. The number of hydrogen-bond donors (Lipinski definition) is 2. The van der Waals surface area contributed by atoms with E-state index >= 15 is 0 Å². The van der Waals surface area contributed by atoms with Gasteiger partial charge in [0.25, 0.3) is 0 Å². The first-order valence-electron chi connectivity index (χ1n) is 14.1. The Morgan fingerprint density at radius 3 is 2.55 bits per heavy atom. The number of ether oxygens (including phenoxy) is 1. The van der Waals surface area contributed by atoms with Crippen molar-refractivity contribution in [2.45, 2.75) is 51.7 Å². The van der Waals surface area contributed by atoms with E-state index in [-0.39, 0.29) is 31.4 Å². The van der Waals surface area contributed by atoms with Crippen LogP contribution in [0, 0.1) is 17.2 Å². The van der Waals surface area contributed by atoms with Crippen molar-refractivity contribution in [2.75, 3.05) is 6.61 Å². The van der Waals surface area contributed by atoms with Crippen LogP contribution in [-0.4, -0.2) is 39.1 Å². The number of hydrogen-bond acceptors (Lipinski definition) is 5. The molecule has 3 atom stereocenters. The Bertz CT molecular complexity index is 1550. The number of nitriles is 1. The molecule has 0 aliphatic rings. The van der Waals surface area contributed by atoms with E-state index in [9.17, 15) is 14.9 Å². The summed E-state index contributed by atoms with van der Waals surface area (Å²) >= 11 is 0. The minimum atomic E-state index is -1.29. The van der Waals surface area contributed by atoms with Gasteiger partial charge in [-0.25, -0.2) is 9.78 Å². The van der Waals surface area contributed by atoms with Gasteiger partial charge in [-0.2, -0.15) is 5.26 Å². The third-order valence-electron chi connectivity index (χ3n) is 7.77. The lowest BCUT2D eigenvalue weighted by atomic mass is 9.74. The normalized spacial score (nSPS) is 13.8. The van der Waals surface area contributed by atoms with E-state index in [1.54, 1.807) is 29.6 Å². The largest absolute Gasteiger partial charge is 0.445 e. The van der Waals surface area contributed by atoms with Crippen LogP contribution in [0.15, 0.2) is 91.9 Å². The predicted molar refractivity (Wildman–Crippen MR) is 163 cm³/mol. The first kappa shape index (κ1) is 30.1. The van der Waals surface area contributed by atoms with E-state index in [4.69, 9.17) is 4.74 Å². The summed E-state index contributed by atoms with van der Waals surface area (Å²) in [4.78, 5) is 36.6. The molecule has 2 N–H and O–H groups in total. The van der Waals surface area contributed by atoms with Crippen LogP contribution in [0.4, 0.5) is 4.79 Å². The zero-order valence-electron chi connectivity index (χ0n) is 24.3. The molecule has 0 radical (unpaired) electrons. The summed E-state index contributed by atoms with van der Waals surface area (Å²) < 4.78 is 5.73. The van der Waals surface area contributed by atoms with E-state index < -0.39 is 17.7 Å². The molecule has 8 heteroatoms. The Morgan fingerprint density at radius 2 is 1.90 bits per heavy atom. The van der Waals surface area contributed by atoms with Crippen LogP contribution in [0.5, 0.6) is 0 Å². The number of carbonyl (C=O) groups excluding carboxylic acids is 2. The highest BCUT2D eigenvalue weighted by Gasteiger charge is 2.51. The molecule has 2 amide bonds. The molecule has 0 spiro atoms. The van der Waals surface area contributed by atoms with Crippen LogP contribution in [0.1, 0.15) is 55.5 Å². The van der Waals surface area contributed by atoms with Gasteiger partial charge in [-0.05, 0) is 39.9 Å². The van der Waals surface area contributed by atoms with E-state index in [0.717, 1.165) is 34.0 Å². The van der Waals surface area contributed by atoms with Gasteiger partial charge in [0.2, 0.25) is 5.91 Å². The summed E-state index contributed by atoms with van der Waals surface area (Å²) in [7, 11) is 0. The van der Waals surface area contributed by atoms with Crippen molar-refractivity contribution in [3.05, 3.63) is 114 Å². The summed E-state index contributed by atoms with van der Waals surface area (Å²) in [6, 6.07) is 23.4. The first-order valence-corrected chi connectivity index (χ1v) is 14.1. The number of fused-ring (bicyclic) bond motifs is 1. The number of benzene rings is 3. The third kappa shape index (κ3) is 6.52. The first-order chi connectivity index (χ1) is 20.3. The number of aromatic amines is 1. The van der Waals surface area contributed by atoms with Crippen molar-refractivity contribution >= 4 is 22.8 Å². The van der Waals surface area contributed by atoms with Crippen molar-refractivity contribution in [1.82, 2.24) is 20.2 Å². The average molecular weight is 564 g/mol. The van der Waals surface area contributed by atoms with Crippen molar-refractivity contribution in [2.24, 2.45) is 5.92 Å². The second-order valence-corrected chi connectivity index (χ2v) is 10.6. The van der Waals surface area contributed by atoms with Gasteiger partial charge in [-0.3, -0.25) is 9.69 Å². The molecule has 0 fully saturated rings. The highest BCUT2D eigenvalue weighted by atomic mass is 16.6. The summed E-state index contributed by atoms with van der Waals surface area (Å²) in [5.74, 6) is -0.704. The molecule has 8 nitrogen and oxygen atoms in total. The van der Waals surface area contributed by atoms with E-state index in [1.807, 2.05) is 54.6 Å². The van der Waals surface area contributed by atoms with E-state index in [2.05, 4.69) is 41.8 Å². The molecular formula is C34H37N5O3. The number of imidazole rings is 1. The van der Waals surface area contributed by atoms with Gasteiger partial charge in [-0.1, -0.05) is 87.5 Å². The molecule has 4 aromatic rings. The average Bonchev–Trinajstić information content (AvgIpc) is 3.52. The molecule has 0 saturated carbocycles. The predicted octanol–water partition coefficient (Wildman–Crippen LogP) is 6.46. The number of aromatic nitrogens is 2. The van der Waals surface area contributed by atoms with Gasteiger partial charge < -0.3 is 15.0 Å². The minimum absolute atomic E-state index is 0.00194. The maximum atomic E-state index is 14.2. The Hall–Kier alpha value is -4.90. The third-order valence-corrected chi connectivity index (χ3v) is 7.77. The molecule has 0 bridgehead atoms. The van der Waals surface area contributed by atoms with Crippen molar-refractivity contribution in [3.63, 3.8) is 0 Å². The van der Waals surface area contributed by atoms with Gasteiger partial charge in [0.1, 0.15) is 12.3 Å². The second kappa shape index (κ2) is 13.6. The molecule has 0 saturated heterocycles. The lowest BCUT2D eigenvalue weighted by Gasteiger charge is -2.50. The van der Waals surface area contributed by atoms with E-state index in [0.29, 0.717) is 5.56 Å². The maximum Gasteiger partial charge on any atom is 0.412 e. The van der Waals surface area contributed by atoms with Gasteiger partial charge in [0, 0.05) is 31.2 Å².